The summed E-state index contributed by atoms with van der Waals surface area (Å²) >= 11 is 12.1. The van der Waals surface area contributed by atoms with Gasteiger partial charge in [0.25, 0.3) is 0 Å². The van der Waals surface area contributed by atoms with Gasteiger partial charge in [-0.05, 0) is 56.2 Å². The molecule has 3 heteroatoms. The molecule has 1 aliphatic carbocycles. The predicted molar refractivity (Wildman–Crippen MR) is 88.7 cm³/mol. The summed E-state index contributed by atoms with van der Waals surface area (Å²) in [5.41, 5.74) is 1.22. The summed E-state index contributed by atoms with van der Waals surface area (Å²) in [6.45, 7) is 4.49. The van der Waals surface area contributed by atoms with E-state index in [0.717, 1.165) is 5.92 Å². The first-order valence-electron chi connectivity index (χ1n) is 7.81. The molecule has 0 radical (unpaired) electrons. The molecule has 1 N–H and O–H groups in total. The third-order valence-corrected chi connectivity index (χ3v) is 5.21. The van der Waals surface area contributed by atoms with Crippen molar-refractivity contribution in [3.63, 3.8) is 0 Å². The largest absolute Gasteiger partial charge is 0.307 e. The zero-order valence-corrected chi connectivity index (χ0v) is 14.0. The van der Waals surface area contributed by atoms with Crippen molar-refractivity contribution in [2.45, 2.75) is 64.5 Å². The van der Waals surface area contributed by atoms with Gasteiger partial charge >= 0.3 is 0 Å². The molecule has 2 rings (SSSR count). The van der Waals surface area contributed by atoms with Gasteiger partial charge in [0.1, 0.15) is 0 Å². The van der Waals surface area contributed by atoms with Gasteiger partial charge in [-0.3, -0.25) is 0 Å². The maximum atomic E-state index is 6.09. The van der Waals surface area contributed by atoms with E-state index in [9.17, 15) is 0 Å². The molecule has 1 nitrogen and oxygen atoms in total. The lowest BCUT2D eigenvalue weighted by Gasteiger charge is -2.31. The maximum absolute atomic E-state index is 6.09. The van der Waals surface area contributed by atoms with E-state index in [2.05, 4.69) is 25.2 Å². The van der Waals surface area contributed by atoms with Gasteiger partial charge in [0.15, 0.2) is 0 Å². The standard InChI is InChI=1S/C17H25Cl2N/c1-3-4-13-5-8-15(9-6-13)20-12(2)14-7-10-16(18)17(19)11-14/h7,10-13,15,20H,3-6,8-9H2,1-2H3. The zero-order valence-electron chi connectivity index (χ0n) is 12.5. The van der Waals surface area contributed by atoms with E-state index in [1.54, 1.807) is 0 Å². The minimum absolute atomic E-state index is 0.331. The van der Waals surface area contributed by atoms with E-state index in [1.165, 1.54) is 44.1 Å². The lowest BCUT2D eigenvalue weighted by atomic mass is 9.83. The van der Waals surface area contributed by atoms with Crippen molar-refractivity contribution in [2.24, 2.45) is 5.92 Å². The van der Waals surface area contributed by atoms with Crippen LogP contribution < -0.4 is 5.32 Å². The Morgan fingerprint density at radius 2 is 1.85 bits per heavy atom. The van der Waals surface area contributed by atoms with Gasteiger partial charge in [0.05, 0.1) is 10.0 Å². The molecule has 1 aromatic rings. The number of halogens is 2. The molecule has 0 amide bonds. The van der Waals surface area contributed by atoms with Gasteiger partial charge in [-0.25, -0.2) is 0 Å². The molecule has 0 bridgehead atoms. The summed E-state index contributed by atoms with van der Waals surface area (Å²) in [6, 6.07) is 6.90. The SMILES string of the molecule is CCCC1CCC(NC(C)c2ccc(Cl)c(Cl)c2)CC1. The summed E-state index contributed by atoms with van der Waals surface area (Å²) in [6.07, 6.45) is 8.07. The highest BCUT2D eigenvalue weighted by Crippen LogP contribution is 2.30. The minimum atomic E-state index is 0.331. The zero-order chi connectivity index (χ0) is 14.5. The van der Waals surface area contributed by atoms with E-state index in [-0.39, 0.29) is 0 Å². The molecule has 1 unspecified atom stereocenters. The van der Waals surface area contributed by atoms with Gasteiger partial charge < -0.3 is 5.32 Å². The van der Waals surface area contributed by atoms with Crippen LogP contribution in [0.5, 0.6) is 0 Å². The van der Waals surface area contributed by atoms with Crippen LogP contribution in [0.3, 0.4) is 0 Å². The summed E-state index contributed by atoms with van der Waals surface area (Å²) < 4.78 is 0. The molecule has 0 spiro atoms. The van der Waals surface area contributed by atoms with Gasteiger partial charge in [0, 0.05) is 12.1 Å². The van der Waals surface area contributed by atoms with Crippen molar-refractivity contribution in [3.8, 4) is 0 Å². The normalized spacial score (nSPS) is 24.6. The molecule has 112 valence electrons. The Hall–Kier alpha value is -0.240. The van der Waals surface area contributed by atoms with Crippen LogP contribution in [-0.2, 0) is 0 Å². The second kappa shape index (κ2) is 7.68. The van der Waals surface area contributed by atoms with E-state index >= 15 is 0 Å². The summed E-state index contributed by atoms with van der Waals surface area (Å²) in [4.78, 5) is 0. The Kier molecular flexibility index (Phi) is 6.20. The Balaban J connectivity index is 1.85. The van der Waals surface area contributed by atoms with Crippen molar-refractivity contribution in [1.29, 1.82) is 0 Å². The minimum Gasteiger partial charge on any atom is -0.307 e. The number of nitrogens with one attached hydrogen (secondary N) is 1. The van der Waals surface area contributed by atoms with Gasteiger partial charge in [0.2, 0.25) is 0 Å². The average molecular weight is 314 g/mol. The van der Waals surface area contributed by atoms with Crippen LogP contribution in [0.15, 0.2) is 18.2 Å². The lowest BCUT2D eigenvalue weighted by Crippen LogP contribution is -2.35. The Labute approximate surface area is 133 Å². The second-order valence-corrected chi connectivity index (χ2v) is 6.88. The van der Waals surface area contributed by atoms with Crippen LogP contribution in [0.4, 0.5) is 0 Å². The highest BCUT2D eigenvalue weighted by molar-refractivity contribution is 6.42. The van der Waals surface area contributed by atoms with E-state index in [4.69, 9.17) is 23.2 Å². The maximum Gasteiger partial charge on any atom is 0.0595 e. The number of hydrogen-bond acceptors (Lipinski definition) is 1. The Bertz CT molecular complexity index is 425. The highest BCUT2D eigenvalue weighted by atomic mass is 35.5. The van der Waals surface area contributed by atoms with Crippen molar-refractivity contribution in [1.82, 2.24) is 5.32 Å². The van der Waals surface area contributed by atoms with E-state index < -0.39 is 0 Å². The molecule has 0 aliphatic heterocycles. The monoisotopic (exact) mass is 313 g/mol. The third-order valence-electron chi connectivity index (χ3n) is 4.47. The highest BCUT2D eigenvalue weighted by Gasteiger charge is 2.22. The summed E-state index contributed by atoms with van der Waals surface area (Å²) in [5, 5.41) is 5.01. The van der Waals surface area contributed by atoms with Crippen LogP contribution >= 0.6 is 23.2 Å². The van der Waals surface area contributed by atoms with Crippen LogP contribution in [0.2, 0.25) is 10.0 Å². The lowest BCUT2D eigenvalue weighted by molar-refractivity contribution is 0.266. The topological polar surface area (TPSA) is 12.0 Å². The summed E-state index contributed by atoms with van der Waals surface area (Å²) in [7, 11) is 0. The predicted octanol–water partition coefficient (Wildman–Crippen LogP) is 6.00. The molecule has 1 atom stereocenters. The molecule has 1 aromatic carbocycles. The first-order valence-corrected chi connectivity index (χ1v) is 8.56. The molecule has 0 aromatic heterocycles. The smallest absolute Gasteiger partial charge is 0.0595 e. The van der Waals surface area contributed by atoms with E-state index in [0.29, 0.717) is 22.1 Å². The Morgan fingerprint density at radius 3 is 2.45 bits per heavy atom. The average Bonchev–Trinajstić information content (AvgIpc) is 2.44. The van der Waals surface area contributed by atoms with Crippen molar-refractivity contribution in [3.05, 3.63) is 33.8 Å². The van der Waals surface area contributed by atoms with Crippen LogP contribution in [0.1, 0.15) is 64.0 Å². The van der Waals surface area contributed by atoms with Crippen LogP contribution in [0.25, 0.3) is 0 Å². The quantitative estimate of drug-likeness (QED) is 0.702. The fourth-order valence-electron chi connectivity index (χ4n) is 3.26. The number of benzene rings is 1. The number of hydrogen-bond donors (Lipinski definition) is 1. The van der Waals surface area contributed by atoms with Crippen LogP contribution in [-0.4, -0.2) is 6.04 Å². The van der Waals surface area contributed by atoms with Crippen LogP contribution in [0, 0.1) is 5.92 Å². The molecule has 0 saturated heterocycles. The first-order chi connectivity index (χ1) is 9.60. The van der Waals surface area contributed by atoms with Gasteiger partial charge in [-0.1, -0.05) is 49.0 Å². The molecule has 20 heavy (non-hydrogen) atoms. The molecule has 1 fully saturated rings. The van der Waals surface area contributed by atoms with Gasteiger partial charge in [-0.2, -0.15) is 0 Å². The molecular weight excluding hydrogens is 289 g/mol. The summed E-state index contributed by atoms with van der Waals surface area (Å²) in [5.74, 6) is 0.957. The second-order valence-electron chi connectivity index (χ2n) is 6.07. The molecule has 1 aliphatic rings. The fraction of sp³-hybridized carbons (Fsp3) is 0.647. The van der Waals surface area contributed by atoms with Crippen molar-refractivity contribution in [2.75, 3.05) is 0 Å². The first kappa shape index (κ1) is 16.1. The van der Waals surface area contributed by atoms with Gasteiger partial charge in [-0.15, -0.1) is 0 Å². The molecule has 1 saturated carbocycles. The van der Waals surface area contributed by atoms with E-state index in [1.807, 2.05) is 12.1 Å². The molecule has 0 heterocycles. The molecular formula is C17H25Cl2N. The third kappa shape index (κ3) is 4.38. The fourth-order valence-corrected chi connectivity index (χ4v) is 3.56. The Morgan fingerprint density at radius 1 is 1.15 bits per heavy atom. The van der Waals surface area contributed by atoms with Crippen molar-refractivity contribution >= 4 is 23.2 Å². The van der Waals surface area contributed by atoms with Crippen molar-refractivity contribution < 1.29 is 0 Å². The number of rotatable bonds is 5.